The number of thioether (sulfide) groups is 1. The summed E-state index contributed by atoms with van der Waals surface area (Å²) in [4.78, 5) is 0. The summed E-state index contributed by atoms with van der Waals surface area (Å²) in [6.07, 6.45) is 3.72. The molecule has 1 saturated carbocycles. The van der Waals surface area contributed by atoms with Gasteiger partial charge in [-0.3, -0.25) is 0 Å². The molecule has 1 N–H and O–H groups in total. The lowest BCUT2D eigenvalue weighted by Crippen LogP contribution is -2.26. The van der Waals surface area contributed by atoms with E-state index in [0.717, 1.165) is 18.5 Å². The third-order valence-electron chi connectivity index (χ3n) is 3.50. The molecule has 1 atom stereocenters. The van der Waals surface area contributed by atoms with Crippen molar-refractivity contribution in [1.82, 2.24) is 5.32 Å². The SMILES string of the molecule is FC(F)(F)SCCC(CNC1CC1)Cc1ccc(Cl)cc1. The van der Waals surface area contributed by atoms with E-state index in [-0.39, 0.29) is 23.4 Å². The van der Waals surface area contributed by atoms with Crippen LogP contribution in [0.5, 0.6) is 0 Å². The van der Waals surface area contributed by atoms with Crippen molar-refractivity contribution in [3.63, 3.8) is 0 Å². The summed E-state index contributed by atoms with van der Waals surface area (Å²) in [7, 11) is 0. The smallest absolute Gasteiger partial charge is 0.314 e. The molecule has 0 radical (unpaired) electrons. The fourth-order valence-electron chi connectivity index (χ4n) is 2.19. The summed E-state index contributed by atoms with van der Waals surface area (Å²) < 4.78 is 36.7. The van der Waals surface area contributed by atoms with Crippen LogP contribution in [0.25, 0.3) is 0 Å². The van der Waals surface area contributed by atoms with Crippen molar-refractivity contribution in [2.24, 2.45) is 5.92 Å². The molecule has 21 heavy (non-hydrogen) atoms. The maximum absolute atomic E-state index is 12.2. The first-order valence-corrected chi connectivity index (χ1v) is 8.47. The molecule has 118 valence electrons. The lowest BCUT2D eigenvalue weighted by Gasteiger charge is -2.18. The molecule has 0 saturated heterocycles. The zero-order valence-electron chi connectivity index (χ0n) is 11.6. The van der Waals surface area contributed by atoms with Gasteiger partial charge in [0.25, 0.3) is 0 Å². The third-order valence-corrected chi connectivity index (χ3v) is 4.52. The Labute approximate surface area is 132 Å². The van der Waals surface area contributed by atoms with Gasteiger partial charge in [-0.2, -0.15) is 13.2 Å². The second kappa shape index (κ2) is 7.75. The predicted octanol–water partition coefficient (Wildman–Crippen LogP) is 4.89. The van der Waals surface area contributed by atoms with Gasteiger partial charge in [0.2, 0.25) is 0 Å². The summed E-state index contributed by atoms with van der Waals surface area (Å²) in [6, 6.07) is 8.12. The Balaban J connectivity index is 1.82. The maximum Gasteiger partial charge on any atom is 0.441 e. The van der Waals surface area contributed by atoms with Crippen LogP contribution in [0.15, 0.2) is 24.3 Å². The monoisotopic (exact) mass is 337 g/mol. The van der Waals surface area contributed by atoms with Crippen molar-refractivity contribution in [2.75, 3.05) is 12.3 Å². The average Bonchev–Trinajstić information content (AvgIpc) is 3.21. The first-order valence-electron chi connectivity index (χ1n) is 7.11. The van der Waals surface area contributed by atoms with Crippen molar-refractivity contribution in [3.8, 4) is 0 Å². The minimum Gasteiger partial charge on any atom is -0.314 e. The van der Waals surface area contributed by atoms with Crippen molar-refractivity contribution >= 4 is 23.4 Å². The molecule has 1 aliphatic carbocycles. The van der Waals surface area contributed by atoms with Gasteiger partial charge in [-0.05, 0) is 55.8 Å². The highest BCUT2D eigenvalue weighted by molar-refractivity contribution is 8.00. The first-order chi connectivity index (χ1) is 9.92. The number of rotatable bonds is 8. The molecule has 0 heterocycles. The van der Waals surface area contributed by atoms with Gasteiger partial charge < -0.3 is 5.32 Å². The van der Waals surface area contributed by atoms with Crippen LogP contribution in [-0.4, -0.2) is 23.8 Å². The highest BCUT2D eigenvalue weighted by Gasteiger charge is 2.28. The lowest BCUT2D eigenvalue weighted by molar-refractivity contribution is -0.0328. The highest BCUT2D eigenvalue weighted by atomic mass is 35.5. The van der Waals surface area contributed by atoms with Crippen LogP contribution < -0.4 is 5.32 Å². The Kier molecular flexibility index (Phi) is 6.26. The van der Waals surface area contributed by atoms with Crippen molar-refractivity contribution in [1.29, 1.82) is 0 Å². The maximum atomic E-state index is 12.2. The molecule has 1 aliphatic rings. The quantitative estimate of drug-likeness (QED) is 0.724. The zero-order valence-corrected chi connectivity index (χ0v) is 13.2. The van der Waals surface area contributed by atoms with Gasteiger partial charge in [0.15, 0.2) is 0 Å². The summed E-state index contributed by atoms with van der Waals surface area (Å²) >= 11 is 5.93. The van der Waals surface area contributed by atoms with E-state index in [4.69, 9.17) is 11.6 Å². The van der Waals surface area contributed by atoms with Crippen LogP contribution in [0.4, 0.5) is 13.2 Å². The van der Waals surface area contributed by atoms with E-state index in [1.807, 2.05) is 24.3 Å². The van der Waals surface area contributed by atoms with E-state index in [1.165, 1.54) is 12.8 Å². The molecule has 0 bridgehead atoms. The second-order valence-corrected chi connectivity index (χ2v) is 7.06. The van der Waals surface area contributed by atoms with Gasteiger partial charge in [-0.1, -0.05) is 35.5 Å². The molecule has 0 amide bonds. The Hall–Kier alpha value is -0.390. The van der Waals surface area contributed by atoms with E-state index >= 15 is 0 Å². The topological polar surface area (TPSA) is 12.0 Å². The van der Waals surface area contributed by atoms with Crippen molar-refractivity contribution in [2.45, 2.75) is 37.2 Å². The molecule has 1 nitrogen and oxygen atoms in total. The minimum atomic E-state index is -4.13. The number of benzene rings is 1. The van der Waals surface area contributed by atoms with Gasteiger partial charge in [0.05, 0.1) is 0 Å². The molecule has 0 aliphatic heterocycles. The molecule has 0 aromatic heterocycles. The normalized spacial score (nSPS) is 17.0. The van der Waals surface area contributed by atoms with Crippen LogP contribution in [-0.2, 0) is 6.42 Å². The van der Waals surface area contributed by atoms with Crippen molar-refractivity contribution < 1.29 is 13.2 Å². The number of nitrogens with one attached hydrogen (secondary N) is 1. The first kappa shape index (κ1) is 17.0. The van der Waals surface area contributed by atoms with Crippen LogP contribution in [0.2, 0.25) is 5.02 Å². The molecule has 0 spiro atoms. The zero-order chi connectivity index (χ0) is 15.3. The third kappa shape index (κ3) is 7.43. The van der Waals surface area contributed by atoms with Crippen LogP contribution >= 0.6 is 23.4 Å². The Morgan fingerprint density at radius 3 is 2.48 bits per heavy atom. The number of halogens is 4. The van der Waals surface area contributed by atoms with Gasteiger partial charge in [0.1, 0.15) is 0 Å². The summed E-state index contributed by atoms with van der Waals surface area (Å²) in [5.74, 6) is 0.343. The standard InChI is InChI=1S/C15H19ClF3NS/c16-13-3-1-11(2-4-13)9-12(10-20-14-5-6-14)7-8-21-15(17,18)19/h1-4,12,14,20H,5-10H2. The minimum absolute atomic E-state index is 0.0759. The predicted molar refractivity (Wildman–Crippen MR) is 82.8 cm³/mol. The van der Waals surface area contributed by atoms with E-state index < -0.39 is 5.51 Å². The molecular weight excluding hydrogens is 319 g/mol. The number of hydrogen-bond acceptors (Lipinski definition) is 2. The molecular formula is C15H19ClF3NS. The van der Waals surface area contributed by atoms with Crippen LogP contribution in [0.3, 0.4) is 0 Å². The van der Waals surface area contributed by atoms with Gasteiger partial charge >= 0.3 is 5.51 Å². The molecule has 1 unspecified atom stereocenters. The fourth-order valence-corrected chi connectivity index (χ4v) is 3.00. The number of hydrogen-bond donors (Lipinski definition) is 1. The Bertz CT molecular complexity index is 432. The van der Waals surface area contributed by atoms with E-state index in [2.05, 4.69) is 5.32 Å². The average molecular weight is 338 g/mol. The van der Waals surface area contributed by atoms with Crippen molar-refractivity contribution in [3.05, 3.63) is 34.9 Å². The lowest BCUT2D eigenvalue weighted by atomic mass is 9.97. The molecule has 1 aromatic rings. The second-order valence-electron chi connectivity index (χ2n) is 5.46. The summed E-state index contributed by atoms with van der Waals surface area (Å²) in [6.45, 7) is 0.783. The van der Waals surface area contributed by atoms with Crippen LogP contribution in [0.1, 0.15) is 24.8 Å². The Morgan fingerprint density at radius 1 is 1.24 bits per heavy atom. The molecule has 2 rings (SSSR count). The molecule has 1 fully saturated rings. The van der Waals surface area contributed by atoms with Gasteiger partial charge in [0, 0.05) is 16.8 Å². The van der Waals surface area contributed by atoms with Crippen LogP contribution in [0, 0.1) is 5.92 Å². The highest BCUT2D eigenvalue weighted by Crippen LogP contribution is 2.32. The molecule has 6 heteroatoms. The van der Waals surface area contributed by atoms with E-state index in [9.17, 15) is 13.2 Å². The van der Waals surface area contributed by atoms with E-state index in [0.29, 0.717) is 17.5 Å². The van der Waals surface area contributed by atoms with Gasteiger partial charge in [-0.25, -0.2) is 0 Å². The van der Waals surface area contributed by atoms with Gasteiger partial charge in [-0.15, -0.1) is 0 Å². The summed E-state index contributed by atoms with van der Waals surface area (Å²) in [5, 5.41) is 4.10. The van der Waals surface area contributed by atoms with E-state index in [1.54, 1.807) is 0 Å². The molecule has 1 aromatic carbocycles. The Morgan fingerprint density at radius 2 is 1.90 bits per heavy atom. The fraction of sp³-hybridized carbons (Fsp3) is 0.600. The summed E-state index contributed by atoms with van der Waals surface area (Å²) in [5.41, 5.74) is -3.01. The largest absolute Gasteiger partial charge is 0.441 e. The number of alkyl halides is 3.